The minimum atomic E-state index is -0.819. The maximum Gasteiger partial charge on any atom is 0.246 e. The van der Waals surface area contributed by atoms with Gasteiger partial charge >= 0.3 is 0 Å². The first-order chi connectivity index (χ1) is 20.5. The third-order valence-electron chi connectivity index (χ3n) is 8.67. The lowest BCUT2D eigenvalue weighted by molar-refractivity contribution is -0.150. The quantitative estimate of drug-likeness (QED) is 0.509. The molecule has 3 aliphatic rings. The Labute approximate surface area is 246 Å². The van der Waals surface area contributed by atoms with E-state index in [0.29, 0.717) is 45.2 Å². The van der Waals surface area contributed by atoms with Crippen molar-refractivity contribution in [2.24, 2.45) is 0 Å². The topological polar surface area (TPSA) is 98.8 Å². The van der Waals surface area contributed by atoms with E-state index < -0.39 is 24.2 Å². The van der Waals surface area contributed by atoms with Gasteiger partial charge < -0.3 is 20.4 Å². The van der Waals surface area contributed by atoms with Crippen molar-refractivity contribution in [1.82, 2.24) is 20.4 Å². The smallest absolute Gasteiger partial charge is 0.246 e. The number of nitrogens with one attached hydrogen (secondary N) is 2. The van der Waals surface area contributed by atoms with Crippen LogP contribution in [0.4, 0.5) is 0 Å². The zero-order valence-corrected chi connectivity index (χ0v) is 23.6. The van der Waals surface area contributed by atoms with Crippen LogP contribution in [0.25, 0.3) is 0 Å². The molecule has 2 saturated heterocycles. The standard InChI is InChI=1S/C34H36N4O4/c39-31-21-27(18-23-10-3-1-4-11-23)35-32(40)30-20-25-14-7-8-15-26(25)22-38(30)34(42)29-16-9-17-37(29)33(41)28(36-31)19-24-12-5-2-6-13-24/h1-8,10-15,27-30H,9,16-22H2,(H,35,40)(H,36,39). The molecule has 6 rings (SSSR count). The van der Waals surface area contributed by atoms with Gasteiger partial charge in [-0.05, 0) is 41.5 Å². The number of carbonyl (C=O) groups excluding carboxylic acids is 4. The number of hydrogen-bond acceptors (Lipinski definition) is 4. The maximum atomic E-state index is 14.2. The van der Waals surface area contributed by atoms with Crippen LogP contribution in [0.1, 0.15) is 41.5 Å². The van der Waals surface area contributed by atoms with Gasteiger partial charge in [-0.3, -0.25) is 19.2 Å². The van der Waals surface area contributed by atoms with E-state index in [0.717, 1.165) is 22.3 Å². The number of nitrogens with zero attached hydrogens (tertiary/aromatic N) is 2. The van der Waals surface area contributed by atoms with E-state index in [9.17, 15) is 19.2 Å². The van der Waals surface area contributed by atoms with Crippen molar-refractivity contribution in [3.63, 3.8) is 0 Å². The number of carbonyl (C=O) groups is 4. The van der Waals surface area contributed by atoms with Crippen molar-refractivity contribution in [2.45, 2.75) is 69.2 Å². The number of rotatable bonds is 4. The van der Waals surface area contributed by atoms with E-state index in [2.05, 4.69) is 10.6 Å². The van der Waals surface area contributed by atoms with Crippen molar-refractivity contribution < 1.29 is 19.2 Å². The molecule has 216 valence electrons. The molecule has 4 atom stereocenters. The number of amides is 4. The van der Waals surface area contributed by atoms with Crippen LogP contribution in [0.5, 0.6) is 0 Å². The molecule has 0 aliphatic carbocycles. The molecule has 0 saturated carbocycles. The molecule has 0 spiro atoms. The van der Waals surface area contributed by atoms with Crippen LogP contribution in [-0.2, 0) is 45.0 Å². The van der Waals surface area contributed by atoms with Gasteiger partial charge in [0.25, 0.3) is 0 Å². The van der Waals surface area contributed by atoms with Crippen molar-refractivity contribution in [1.29, 1.82) is 0 Å². The lowest BCUT2D eigenvalue weighted by Crippen LogP contribution is -2.59. The SMILES string of the molecule is O=C1CC(Cc2ccccc2)NC(=O)C2Cc3ccccc3CN2C(=O)C2CCCN2C(=O)C(Cc2ccccc2)N1. The molecule has 3 aromatic carbocycles. The molecule has 0 radical (unpaired) electrons. The third kappa shape index (κ3) is 5.93. The highest BCUT2D eigenvalue weighted by Gasteiger charge is 2.44. The molecule has 3 aromatic rings. The van der Waals surface area contributed by atoms with Gasteiger partial charge in [0.15, 0.2) is 0 Å². The largest absolute Gasteiger partial charge is 0.351 e. The number of hydrogen-bond donors (Lipinski definition) is 2. The molecule has 8 nitrogen and oxygen atoms in total. The summed E-state index contributed by atoms with van der Waals surface area (Å²) in [6.07, 6.45) is 2.38. The first-order valence-corrected chi connectivity index (χ1v) is 14.8. The maximum absolute atomic E-state index is 14.2. The Hall–Kier alpha value is -4.46. The Morgan fingerprint density at radius 1 is 0.643 bits per heavy atom. The molecule has 4 amide bonds. The van der Waals surface area contributed by atoms with E-state index in [1.807, 2.05) is 84.9 Å². The van der Waals surface area contributed by atoms with Crippen molar-refractivity contribution in [3.8, 4) is 0 Å². The van der Waals surface area contributed by atoms with E-state index >= 15 is 0 Å². The van der Waals surface area contributed by atoms with Crippen LogP contribution >= 0.6 is 0 Å². The van der Waals surface area contributed by atoms with Gasteiger partial charge in [0.05, 0.1) is 0 Å². The summed E-state index contributed by atoms with van der Waals surface area (Å²) in [7, 11) is 0. The molecule has 0 bridgehead atoms. The second kappa shape index (κ2) is 12.2. The summed E-state index contributed by atoms with van der Waals surface area (Å²) in [6.45, 7) is 0.744. The average Bonchev–Trinajstić information content (AvgIpc) is 3.50. The van der Waals surface area contributed by atoms with Gasteiger partial charge in [0, 0.05) is 38.4 Å². The van der Waals surface area contributed by atoms with E-state index in [-0.39, 0.29) is 30.0 Å². The minimum Gasteiger partial charge on any atom is -0.351 e. The predicted molar refractivity (Wildman–Crippen MR) is 158 cm³/mol. The fourth-order valence-electron chi connectivity index (χ4n) is 6.56. The Morgan fingerprint density at radius 2 is 1.29 bits per heavy atom. The number of fused-ring (bicyclic) bond motifs is 3. The van der Waals surface area contributed by atoms with Crippen molar-refractivity contribution in [3.05, 3.63) is 107 Å². The van der Waals surface area contributed by atoms with Gasteiger partial charge in [0.2, 0.25) is 23.6 Å². The van der Waals surface area contributed by atoms with E-state index in [1.165, 1.54) is 0 Å². The van der Waals surface area contributed by atoms with Gasteiger partial charge in [-0.2, -0.15) is 0 Å². The average molecular weight is 565 g/mol. The monoisotopic (exact) mass is 564 g/mol. The predicted octanol–water partition coefficient (Wildman–Crippen LogP) is 2.79. The third-order valence-corrected chi connectivity index (χ3v) is 8.67. The molecule has 3 aliphatic heterocycles. The Morgan fingerprint density at radius 3 is 2.00 bits per heavy atom. The highest BCUT2D eigenvalue weighted by atomic mass is 16.2. The van der Waals surface area contributed by atoms with Gasteiger partial charge in [-0.25, -0.2) is 0 Å². The summed E-state index contributed by atoms with van der Waals surface area (Å²) in [5, 5.41) is 6.11. The normalized spacial score (nSPS) is 24.8. The van der Waals surface area contributed by atoms with Crippen LogP contribution in [0, 0.1) is 0 Å². The zero-order valence-electron chi connectivity index (χ0n) is 23.6. The lowest BCUT2D eigenvalue weighted by atomic mass is 9.92. The highest BCUT2D eigenvalue weighted by molar-refractivity contribution is 5.96. The highest BCUT2D eigenvalue weighted by Crippen LogP contribution is 2.29. The van der Waals surface area contributed by atoms with E-state index in [4.69, 9.17) is 0 Å². The molecule has 42 heavy (non-hydrogen) atoms. The Balaban J connectivity index is 1.37. The fraction of sp³-hybridized carbons (Fsp3) is 0.353. The molecule has 2 fully saturated rings. The molecule has 3 heterocycles. The van der Waals surface area contributed by atoms with Crippen molar-refractivity contribution in [2.75, 3.05) is 6.54 Å². The van der Waals surface area contributed by atoms with Crippen LogP contribution in [0.3, 0.4) is 0 Å². The van der Waals surface area contributed by atoms with Crippen LogP contribution < -0.4 is 10.6 Å². The summed E-state index contributed by atoms with van der Waals surface area (Å²) in [5.74, 6) is -1.05. The first kappa shape index (κ1) is 27.7. The summed E-state index contributed by atoms with van der Waals surface area (Å²) in [6, 6.07) is 24.4. The van der Waals surface area contributed by atoms with Crippen LogP contribution in [0.2, 0.25) is 0 Å². The second-order valence-corrected chi connectivity index (χ2v) is 11.6. The molecule has 0 aromatic heterocycles. The zero-order chi connectivity index (χ0) is 29.1. The molecular weight excluding hydrogens is 528 g/mol. The fourth-order valence-corrected chi connectivity index (χ4v) is 6.56. The molecule has 8 heteroatoms. The molecule has 2 N–H and O–H groups in total. The van der Waals surface area contributed by atoms with Crippen LogP contribution in [-0.4, -0.2) is 64.1 Å². The van der Waals surface area contributed by atoms with E-state index in [1.54, 1.807) is 9.80 Å². The van der Waals surface area contributed by atoms with Gasteiger partial charge in [0.1, 0.15) is 18.1 Å². The van der Waals surface area contributed by atoms with Gasteiger partial charge in [-0.1, -0.05) is 84.9 Å². The Kier molecular flexibility index (Phi) is 8.04. The summed E-state index contributed by atoms with van der Waals surface area (Å²) >= 11 is 0. The van der Waals surface area contributed by atoms with Gasteiger partial charge in [-0.15, -0.1) is 0 Å². The number of benzene rings is 3. The summed E-state index contributed by atoms with van der Waals surface area (Å²) in [5.41, 5.74) is 3.95. The lowest BCUT2D eigenvalue weighted by Gasteiger charge is -2.39. The van der Waals surface area contributed by atoms with Crippen molar-refractivity contribution >= 4 is 23.6 Å². The minimum absolute atomic E-state index is 0.0138. The van der Waals surface area contributed by atoms with Crippen LogP contribution in [0.15, 0.2) is 84.9 Å². The second-order valence-electron chi connectivity index (χ2n) is 11.6. The molecule has 4 unspecified atom stereocenters. The first-order valence-electron chi connectivity index (χ1n) is 14.8. The summed E-state index contributed by atoms with van der Waals surface area (Å²) in [4.78, 5) is 59.1. The Bertz CT molecular complexity index is 1460. The molecular formula is C34H36N4O4. The summed E-state index contributed by atoms with van der Waals surface area (Å²) < 4.78 is 0.